The fourth-order valence-corrected chi connectivity index (χ4v) is 2.47. The molecule has 5 heteroatoms. The largest absolute Gasteiger partial charge is 0.411 e. The fraction of sp³-hybridized carbons (Fsp3) is 1.00. The number of hydrogen-bond acceptors (Lipinski definition) is 2. The molecule has 1 N–H and O–H groups in total. The third-order valence-electron chi connectivity index (χ3n) is 3.60. The Morgan fingerprint density at radius 2 is 1.94 bits per heavy atom. The minimum absolute atomic E-state index is 0.173. The van der Waals surface area contributed by atoms with Crippen molar-refractivity contribution in [1.29, 1.82) is 0 Å². The first-order valence-corrected chi connectivity index (χ1v) is 6.84. The summed E-state index contributed by atoms with van der Waals surface area (Å²) in [5.41, 5.74) is 0. The van der Waals surface area contributed by atoms with Crippen LogP contribution in [0, 0.1) is 11.8 Å². The molecular weight excluding hydrogens is 243 g/mol. The minimum Gasteiger partial charge on any atom is -0.372 e. The molecule has 1 aliphatic rings. The Bertz CT molecular complexity index is 221. The second-order valence-electron chi connectivity index (χ2n) is 5.25. The summed E-state index contributed by atoms with van der Waals surface area (Å²) in [4.78, 5) is 0. The lowest BCUT2D eigenvalue weighted by molar-refractivity contribution is -0.173. The van der Waals surface area contributed by atoms with Crippen LogP contribution in [0.2, 0.25) is 0 Å². The standard InChI is InChI=1S/C13H24F3NO/c1-11-5-2-3-6-12(11)9-17-7-4-8-18-10-13(14,15)16/h11-12,17H,2-10H2,1H3. The van der Waals surface area contributed by atoms with Crippen molar-refractivity contribution in [3.8, 4) is 0 Å². The van der Waals surface area contributed by atoms with Crippen LogP contribution in [0.1, 0.15) is 39.0 Å². The van der Waals surface area contributed by atoms with Crippen LogP contribution >= 0.6 is 0 Å². The molecule has 0 bridgehead atoms. The van der Waals surface area contributed by atoms with Crippen LogP contribution in [0.15, 0.2) is 0 Å². The Kier molecular flexibility index (Phi) is 7.00. The molecule has 0 aliphatic heterocycles. The number of rotatable bonds is 7. The van der Waals surface area contributed by atoms with Gasteiger partial charge >= 0.3 is 6.18 Å². The highest BCUT2D eigenvalue weighted by molar-refractivity contribution is 4.73. The van der Waals surface area contributed by atoms with Crippen molar-refractivity contribution in [1.82, 2.24) is 5.32 Å². The SMILES string of the molecule is CC1CCCCC1CNCCCOCC(F)(F)F. The van der Waals surface area contributed by atoms with E-state index < -0.39 is 12.8 Å². The number of hydrogen-bond donors (Lipinski definition) is 1. The van der Waals surface area contributed by atoms with Crippen molar-refractivity contribution in [2.75, 3.05) is 26.3 Å². The topological polar surface area (TPSA) is 21.3 Å². The van der Waals surface area contributed by atoms with Gasteiger partial charge in [0.1, 0.15) is 6.61 Å². The van der Waals surface area contributed by atoms with Crippen LogP contribution in [0.3, 0.4) is 0 Å². The van der Waals surface area contributed by atoms with Gasteiger partial charge in [0.2, 0.25) is 0 Å². The molecule has 0 radical (unpaired) electrons. The maximum absolute atomic E-state index is 11.8. The summed E-state index contributed by atoms with van der Waals surface area (Å²) in [6, 6.07) is 0. The van der Waals surface area contributed by atoms with Crippen LogP contribution in [0.5, 0.6) is 0 Å². The minimum atomic E-state index is -4.20. The molecule has 0 aromatic carbocycles. The summed E-state index contributed by atoms with van der Waals surface area (Å²) in [6.07, 6.45) is 1.66. The predicted molar refractivity (Wildman–Crippen MR) is 65.5 cm³/mol. The van der Waals surface area contributed by atoms with Gasteiger partial charge in [0.25, 0.3) is 0 Å². The smallest absolute Gasteiger partial charge is 0.372 e. The highest BCUT2D eigenvalue weighted by atomic mass is 19.4. The molecule has 0 amide bonds. The van der Waals surface area contributed by atoms with E-state index in [1.807, 2.05) is 0 Å². The number of halogens is 3. The molecule has 1 saturated carbocycles. The molecule has 2 unspecified atom stereocenters. The van der Waals surface area contributed by atoms with Crippen molar-refractivity contribution in [2.24, 2.45) is 11.8 Å². The van der Waals surface area contributed by atoms with E-state index in [-0.39, 0.29) is 6.61 Å². The average Bonchev–Trinajstić information content (AvgIpc) is 2.28. The average molecular weight is 267 g/mol. The van der Waals surface area contributed by atoms with E-state index in [0.717, 1.165) is 24.9 Å². The molecule has 2 nitrogen and oxygen atoms in total. The second-order valence-corrected chi connectivity index (χ2v) is 5.25. The fourth-order valence-electron chi connectivity index (χ4n) is 2.47. The molecule has 108 valence electrons. The molecule has 1 fully saturated rings. The van der Waals surface area contributed by atoms with Crippen molar-refractivity contribution in [3.05, 3.63) is 0 Å². The summed E-state index contributed by atoms with van der Waals surface area (Å²) >= 11 is 0. The first-order chi connectivity index (χ1) is 8.49. The van der Waals surface area contributed by atoms with E-state index in [4.69, 9.17) is 0 Å². The van der Waals surface area contributed by atoms with Crippen molar-refractivity contribution < 1.29 is 17.9 Å². The maximum atomic E-state index is 11.8. The van der Waals surface area contributed by atoms with Gasteiger partial charge in [0.05, 0.1) is 0 Å². The molecule has 0 aromatic heterocycles. The van der Waals surface area contributed by atoms with E-state index >= 15 is 0 Å². The molecule has 0 heterocycles. The van der Waals surface area contributed by atoms with Gasteiger partial charge in [-0.05, 0) is 37.8 Å². The van der Waals surface area contributed by atoms with Gasteiger partial charge < -0.3 is 10.1 Å². The zero-order valence-electron chi connectivity index (χ0n) is 11.1. The summed E-state index contributed by atoms with van der Waals surface area (Å²) in [7, 11) is 0. The quantitative estimate of drug-likeness (QED) is 0.714. The molecule has 0 aromatic rings. The third kappa shape index (κ3) is 7.21. The molecule has 1 rings (SSSR count). The zero-order chi connectivity index (χ0) is 13.4. The number of alkyl halides is 3. The number of nitrogens with one attached hydrogen (secondary N) is 1. The van der Waals surface area contributed by atoms with E-state index in [0.29, 0.717) is 6.42 Å². The lowest BCUT2D eigenvalue weighted by Gasteiger charge is -2.28. The number of ether oxygens (including phenoxy) is 1. The van der Waals surface area contributed by atoms with Crippen molar-refractivity contribution in [3.63, 3.8) is 0 Å². The van der Waals surface area contributed by atoms with E-state index in [2.05, 4.69) is 17.0 Å². The molecular formula is C13H24F3NO. The van der Waals surface area contributed by atoms with Gasteiger partial charge in [-0.15, -0.1) is 0 Å². The zero-order valence-corrected chi connectivity index (χ0v) is 11.1. The Labute approximate surface area is 107 Å². The Morgan fingerprint density at radius 3 is 2.61 bits per heavy atom. The van der Waals surface area contributed by atoms with E-state index in [9.17, 15) is 13.2 Å². The second kappa shape index (κ2) is 8.00. The van der Waals surface area contributed by atoms with Gasteiger partial charge in [-0.2, -0.15) is 13.2 Å². The van der Waals surface area contributed by atoms with E-state index in [1.165, 1.54) is 25.7 Å². The highest BCUT2D eigenvalue weighted by Crippen LogP contribution is 2.28. The van der Waals surface area contributed by atoms with Crippen LogP contribution in [-0.4, -0.2) is 32.5 Å². The molecule has 18 heavy (non-hydrogen) atoms. The maximum Gasteiger partial charge on any atom is 0.411 e. The molecule has 2 atom stereocenters. The lowest BCUT2D eigenvalue weighted by Crippen LogP contribution is -2.30. The lowest BCUT2D eigenvalue weighted by atomic mass is 9.80. The van der Waals surface area contributed by atoms with Gasteiger partial charge in [0.15, 0.2) is 0 Å². The molecule has 1 aliphatic carbocycles. The summed E-state index contributed by atoms with van der Waals surface area (Å²) in [6.45, 7) is 3.05. The summed E-state index contributed by atoms with van der Waals surface area (Å²) < 4.78 is 39.9. The van der Waals surface area contributed by atoms with Crippen molar-refractivity contribution in [2.45, 2.75) is 45.2 Å². The first-order valence-electron chi connectivity index (χ1n) is 6.84. The van der Waals surface area contributed by atoms with Gasteiger partial charge in [-0.1, -0.05) is 26.2 Å². The van der Waals surface area contributed by atoms with Crippen LogP contribution in [0.4, 0.5) is 13.2 Å². The predicted octanol–water partition coefficient (Wildman–Crippen LogP) is 3.37. The van der Waals surface area contributed by atoms with Crippen LogP contribution in [0.25, 0.3) is 0 Å². The third-order valence-corrected chi connectivity index (χ3v) is 3.60. The Morgan fingerprint density at radius 1 is 1.22 bits per heavy atom. The Balaban J connectivity index is 1.92. The van der Waals surface area contributed by atoms with E-state index in [1.54, 1.807) is 0 Å². The monoisotopic (exact) mass is 267 g/mol. The van der Waals surface area contributed by atoms with Crippen LogP contribution < -0.4 is 5.32 Å². The summed E-state index contributed by atoms with van der Waals surface area (Å²) in [5, 5.41) is 3.32. The highest BCUT2D eigenvalue weighted by Gasteiger charge is 2.27. The normalized spacial score (nSPS) is 25.3. The Hall–Kier alpha value is -0.290. The first kappa shape index (κ1) is 15.8. The van der Waals surface area contributed by atoms with Gasteiger partial charge in [-0.3, -0.25) is 0 Å². The molecule has 0 spiro atoms. The van der Waals surface area contributed by atoms with Gasteiger partial charge in [-0.25, -0.2) is 0 Å². The summed E-state index contributed by atoms with van der Waals surface area (Å²) in [5.74, 6) is 1.50. The van der Waals surface area contributed by atoms with Gasteiger partial charge in [0, 0.05) is 6.61 Å². The molecule has 0 saturated heterocycles. The van der Waals surface area contributed by atoms with Crippen LogP contribution in [-0.2, 0) is 4.74 Å². The van der Waals surface area contributed by atoms with Crippen molar-refractivity contribution >= 4 is 0 Å².